The Kier molecular flexibility index (Phi) is 4.83. The first-order chi connectivity index (χ1) is 15.2. The van der Waals surface area contributed by atoms with Gasteiger partial charge < -0.3 is 18.3 Å². The molecule has 2 aromatic carbocycles. The van der Waals surface area contributed by atoms with Crippen LogP contribution in [0, 0.1) is 0 Å². The Morgan fingerprint density at radius 2 is 2.00 bits per heavy atom. The van der Waals surface area contributed by atoms with Gasteiger partial charge in [-0.2, -0.15) is 0 Å². The molecule has 0 aliphatic heterocycles. The van der Waals surface area contributed by atoms with Crippen LogP contribution in [-0.2, 0) is 6.54 Å². The first kappa shape index (κ1) is 19.2. The molecule has 31 heavy (non-hydrogen) atoms. The van der Waals surface area contributed by atoms with Crippen molar-refractivity contribution in [3.05, 3.63) is 72.4 Å². The molecule has 5 rings (SSSR count). The second kappa shape index (κ2) is 7.81. The second-order valence-electron chi connectivity index (χ2n) is 6.79. The van der Waals surface area contributed by atoms with Crippen molar-refractivity contribution in [3.63, 3.8) is 0 Å². The maximum Gasteiger partial charge on any atom is 0.296 e. The Morgan fingerprint density at radius 3 is 2.77 bits per heavy atom. The fourth-order valence-corrected chi connectivity index (χ4v) is 4.35. The number of fused-ring (bicyclic) bond motifs is 2. The van der Waals surface area contributed by atoms with Gasteiger partial charge >= 0.3 is 0 Å². The topological polar surface area (TPSA) is 77.9 Å². The number of nitrogens with zero attached hydrogens (tertiary/aromatic N) is 2. The van der Waals surface area contributed by atoms with Crippen LogP contribution in [0.5, 0.6) is 11.5 Å². The smallest absolute Gasteiger partial charge is 0.296 e. The number of methoxy groups -OCH3 is 2. The highest BCUT2D eigenvalue weighted by molar-refractivity contribution is 7.22. The molecule has 156 valence electrons. The van der Waals surface area contributed by atoms with E-state index in [4.69, 9.17) is 18.3 Å². The number of benzene rings is 2. The van der Waals surface area contributed by atoms with Gasteiger partial charge in [-0.1, -0.05) is 23.5 Å². The number of para-hydroxylation sites is 1. The Balaban J connectivity index is 1.58. The minimum Gasteiger partial charge on any atom is -0.497 e. The van der Waals surface area contributed by atoms with E-state index >= 15 is 0 Å². The monoisotopic (exact) mass is 434 g/mol. The number of anilines is 1. The maximum absolute atomic E-state index is 13.5. The highest BCUT2D eigenvalue weighted by Gasteiger charge is 2.26. The third-order valence-corrected chi connectivity index (χ3v) is 5.93. The van der Waals surface area contributed by atoms with E-state index in [9.17, 15) is 4.79 Å². The highest BCUT2D eigenvalue weighted by Crippen LogP contribution is 2.34. The third kappa shape index (κ3) is 3.51. The molecule has 0 unspecified atom stereocenters. The molecule has 3 heterocycles. The molecule has 1 amide bonds. The lowest BCUT2D eigenvalue weighted by molar-refractivity contribution is 0.0958. The lowest BCUT2D eigenvalue weighted by Crippen LogP contribution is -2.29. The molecule has 0 saturated heterocycles. The third-order valence-electron chi connectivity index (χ3n) is 4.89. The fraction of sp³-hybridized carbons (Fsp3) is 0.130. The maximum atomic E-state index is 13.5. The van der Waals surface area contributed by atoms with Crippen LogP contribution in [0.15, 0.2) is 69.7 Å². The predicted molar refractivity (Wildman–Crippen MR) is 118 cm³/mol. The zero-order valence-electron chi connectivity index (χ0n) is 16.8. The van der Waals surface area contributed by atoms with Gasteiger partial charge in [-0.3, -0.25) is 9.69 Å². The molecule has 0 spiro atoms. The largest absolute Gasteiger partial charge is 0.497 e. The molecule has 0 radical (unpaired) electrons. The van der Waals surface area contributed by atoms with Crippen LogP contribution in [0.1, 0.15) is 16.3 Å². The van der Waals surface area contributed by atoms with Gasteiger partial charge in [0.25, 0.3) is 5.91 Å². The van der Waals surface area contributed by atoms with Crippen molar-refractivity contribution in [2.75, 3.05) is 19.1 Å². The van der Waals surface area contributed by atoms with Crippen molar-refractivity contribution < 1.29 is 23.1 Å². The standard InChI is InChI=1S/C23H18N2O5S/c1-27-15-8-9-17-20(12-15)31-23(24-17)25(13-16-6-4-10-29-16)22(26)19-11-14-5-3-7-18(28-2)21(14)30-19/h3-12H,13H2,1-2H3. The molecular formula is C23H18N2O5S. The van der Waals surface area contributed by atoms with Crippen molar-refractivity contribution in [1.29, 1.82) is 0 Å². The number of rotatable bonds is 6. The number of hydrogen-bond acceptors (Lipinski definition) is 7. The molecule has 0 N–H and O–H groups in total. The summed E-state index contributed by atoms with van der Waals surface area (Å²) < 4.78 is 23.0. The number of aromatic nitrogens is 1. The van der Waals surface area contributed by atoms with Gasteiger partial charge in [0.2, 0.25) is 0 Å². The SMILES string of the molecule is COc1ccc2nc(N(Cc3ccco3)C(=O)c3cc4cccc(OC)c4o3)sc2c1. The number of thiazole rings is 1. The van der Waals surface area contributed by atoms with Crippen LogP contribution in [0.2, 0.25) is 0 Å². The van der Waals surface area contributed by atoms with Gasteiger partial charge in [0.15, 0.2) is 22.2 Å². The molecule has 7 nitrogen and oxygen atoms in total. The Bertz CT molecular complexity index is 1370. The van der Waals surface area contributed by atoms with Crippen molar-refractivity contribution in [2.45, 2.75) is 6.54 Å². The number of furan rings is 2. The highest BCUT2D eigenvalue weighted by atomic mass is 32.1. The predicted octanol–water partition coefficient (Wildman–Crippen LogP) is 5.50. The van der Waals surface area contributed by atoms with E-state index < -0.39 is 0 Å². The minimum atomic E-state index is -0.319. The van der Waals surface area contributed by atoms with Gasteiger partial charge in [0, 0.05) is 5.39 Å². The van der Waals surface area contributed by atoms with Crippen molar-refractivity contribution in [2.24, 2.45) is 0 Å². The summed E-state index contributed by atoms with van der Waals surface area (Å²) in [6.07, 6.45) is 1.58. The first-order valence-corrected chi connectivity index (χ1v) is 10.3. The summed E-state index contributed by atoms with van der Waals surface area (Å²) in [5.41, 5.74) is 1.31. The van der Waals surface area contributed by atoms with E-state index in [1.807, 2.05) is 36.4 Å². The van der Waals surface area contributed by atoms with Crippen LogP contribution < -0.4 is 14.4 Å². The Labute approximate surface area is 181 Å². The van der Waals surface area contributed by atoms with E-state index in [-0.39, 0.29) is 18.2 Å². The average molecular weight is 434 g/mol. The fourth-order valence-electron chi connectivity index (χ4n) is 3.36. The van der Waals surface area contributed by atoms with E-state index in [0.717, 1.165) is 21.4 Å². The lowest BCUT2D eigenvalue weighted by atomic mass is 10.2. The molecule has 3 aromatic heterocycles. The first-order valence-electron chi connectivity index (χ1n) is 9.51. The Morgan fingerprint density at radius 1 is 1.10 bits per heavy atom. The van der Waals surface area contributed by atoms with Gasteiger partial charge in [0.05, 0.1) is 37.2 Å². The average Bonchev–Trinajstić information content (AvgIpc) is 3.54. The molecular weight excluding hydrogens is 416 g/mol. The van der Waals surface area contributed by atoms with Crippen molar-refractivity contribution in [3.8, 4) is 11.5 Å². The van der Waals surface area contributed by atoms with Gasteiger partial charge in [0.1, 0.15) is 11.5 Å². The normalized spacial score (nSPS) is 11.2. The zero-order valence-corrected chi connectivity index (χ0v) is 17.6. The summed E-state index contributed by atoms with van der Waals surface area (Å²) in [6, 6.07) is 16.5. The molecule has 0 aliphatic rings. The molecule has 8 heteroatoms. The molecule has 0 aliphatic carbocycles. The Hall–Kier alpha value is -3.78. The van der Waals surface area contributed by atoms with Crippen LogP contribution in [0.4, 0.5) is 5.13 Å². The van der Waals surface area contributed by atoms with Crippen molar-refractivity contribution >= 4 is 43.6 Å². The molecule has 0 saturated carbocycles. The summed E-state index contributed by atoms with van der Waals surface area (Å²) in [4.78, 5) is 19.8. The minimum absolute atomic E-state index is 0.197. The van der Waals surface area contributed by atoms with Crippen LogP contribution in [0.25, 0.3) is 21.2 Å². The van der Waals surface area contributed by atoms with E-state index in [1.165, 1.54) is 11.3 Å². The van der Waals surface area contributed by atoms with Gasteiger partial charge in [-0.25, -0.2) is 4.98 Å². The molecule has 0 fully saturated rings. The van der Waals surface area contributed by atoms with Crippen LogP contribution in [0.3, 0.4) is 0 Å². The van der Waals surface area contributed by atoms with Crippen LogP contribution >= 0.6 is 11.3 Å². The quantitative estimate of drug-likeness (QED) is 0.351. The van der Waals surface area contributed by atoms with Gasteiger partial charge in [-0.05, 0) is 42.5 Å². The second-order valence-corrected chi connectivity index (χ2v) is 7.80. The summed E-state index contributed by atoms with van der Waals surface area (Å²) in [5, 5.41) is 1.33. The van der Waals surface area contributed by atoms with E-state index in [1.54, 1.807) is 43.6 Å². The summed E-state index contributed by atoms with van der Waals surface area (Å²) in [6.45, 7) is 0.219. The van der Waals surface area contributed by atoms with Crippen molar-refractivity contribution in [1.82, 2.24) is 4.98 Å². The number of ether oxygens (including phenoxy) is 2. The molecule has 0 bridgehead atoms. The molecule has 5 aromatic rings. The summed E-state index contributed by atoms with van der Waals surface area (Å²) in [7, 11) is 3.18. The number of carbonyl (C=O) groups is 1. The van der Waals surface area contributed by atoms with Crippen LogP contribution in [-0.4, -0.2) is 25.1 Å². The van der Waals surface area contributed by atoms with E-state index in [0.29, 0.717) is 22.2 Å². The number of amides is 1. The summed E-state index contributed by atoms with van der Waals surface area (Å²) >= 11 is 1.40. The lowest BCUT2D eigenvalue weighted by Gasteiger charge is -2.17. The van der Waals surface area contributed by atoms with Gasteiger partial charge in [-0.15, -0.1) is 0 Å². The zero-order chi connectivity index (χ0) is 21.4. The molecule has 0 atom stereocenters. The number of hydrogen-bond donors (Lipinski definition) is 0. The number of carbonyl (C=O) groups excluding carboxylic acids is 1. The summed E-state index contributed by atoms with van der Waals surface area (Å²) in [5.74, 6) is 1.82. The van der Waals surface area contributed by atoms with E-state index in [2.05, 4.69) is 4.98 Å².